The van der Waals surface area contributed by atoms with Crippen LogP contribution in [-0.2, 0) is 6.61 Å². The van der Waals surface area contributed by atoms with E-state index in [1.54, 1.807) is 0 Å². The standard InChI is InChI=1S/C20H25NO/c1-2-3-4-8-15-21-16-18-11-13-20(14-12-18)22-17-19-9-6-5-7-10-19/h5-7,9-14,16H,2-4,8,15,17H2,1H3. The highest BCUT2D eigenvalue weighted by atomic mass is 16.5. The lowest BCUT2D eigenvalue weighted by Crippen LogP contribution is -1.95. The lowest BCUT2D eigenvalue weighted by molar-refractivity contribution is 0.306. The van der Waals surface area contributed by atoms with Gasteiger partial charge in [0.1, 0.15) is 12.4 Å². The maximum Gasteiger partial charge on any atom is 0.119 e. The first-order valence-corrected chi connectivity index (χ1v) is 8.15. The van der Waals surface area contributed by atoms with Crippen LogP contribution in [0.3, 0.4) is 0 Å². The molecule has 0 radical (unpaired) electrons. The van der Waals surface area contributed by atoms with E-state index >= 15 is 0 Å². The zero-order valence-electron chi connectivity index (χ0n) is 13.4. The Bertz CT molecular complexity index is 546. The predicted molar refractivity (Wildman–Crippen MR) is 93.8 cm³/mol. The van der Waals surface area contributed by atoms with E-state index in [0.29, 0.717) is 6.61 Å². The minimum absolute atomic E-state index is 0.603. The molecule has 0 aromatic heterocycles. The second kappa shape index (κ2) is 9.78. The number of unbranched alkanes of at least 4 members (excludes halogenated alkanes) is 3. The van der Waals surface area contributed by atoms with E-state index in [4.69, 9.17) is 4.74 Å². The van der Waals surface area contributed by atoms with Crippen molar-refractivity contribution < 1.29 is 4.74 Å². The van der Waals surface area contributed by atoms with Gasteiger partial charge in [-0.3, -0.25) is 4.99 Å². The van der Waals surface area contributed by atoms with Gasteiger partial charge in [-0.15, -0.1) is 0 Å². The van der Waals surface area contributed by atoms with Crippen LogP contribution >= 0.6 is 0 Å². The fraction of sp³-hybridized carbons (Fsp3) is 0.350. The maximum atomic E-state index is 5.77. The number of aliphatic imine (C=N–C) groups is 1. The first-order chi connectivity index (χ1) is 10.9. The Morgan fingerprint density at radius 1 is 0.909 bits per heavy atom. The van der Waals surface area contributed by atoms with E-state index in [1.807, 2.05) is 36.5 Å². The minimum atomic E-state index is 0.603. The summed E-state index contributed by atoms with van der Waals surface area (Å²) in [6.45, 7) is 3.75. The van der Waals surface area contributed by atoms with Gasteiger partial charge >= 0.3 is 0 Å². The lowest BCUT2D eigenvalue weighted by Gasteiger charge is -2.06. The quantitative estimate of drug-likeness (QED) is 0.456. The van der Waals surface area contributed by atoms with Crippen molar-refractivity contribution in [1.82, 2.24) is 0 Å². The molecule has 2 aromatic rings. The molecule has 0 aliphatic heterocycles. The predicted octanol–water partition coefficient (Wildman–Crippen LogP) is 5.26. The molecule has 0 aliphatic rings. The second-order valence-electron chi connectivity index (χ2n) is 5.44. The van der Waals surface area contributed by atoms with Gasteiger partial charge in [0.05, 0.1) is 0 Å². The normalized spacial score (nSPS) is 11.0. The molecule has 0 aliphatic carbocycles. The van der Waals surface area contributed by atoms with Crippen LogP contribution in [0.4, 0.5) is 0 Å². The first kappa shape index (κ1) is 16.3. The van der Waals surface area contributed by atoms with Crippen LogP contribution in [0.25, 0.3) is 0 Å². The van der Waals surface area contributed by atoms with Crippen molar-refractivity contribution in [2.45, 2.75) is 39.2 Å². The third kappa shape index (κ3) is 6.13. The highest BCUT2D eigenvalue weighted by Crippen LogP contribution is 2.13. The summed E-state index contributed by atoms with van der Waals surface area (Å²) in [5, 5.41) is 0. The van der Waals surface area contributed by atoms with Gasteiger partial charge in [-0.25, -0.2) is 0 Å². The van der Waals surface area contributed by atoms with Crippen LogP contribution in [-0.4, -0.2) is 12.8 Å². The average Bonchev–Trinajstić information content (AvgIpc) is 2.58. The van der Waals surface area contributed by atoms with Crippen molar-refractivity contribution in [2.24, 2.45) is 4.99 Å². The summed E-state index contributed by atoms with van der Waals surface area (Å²) < 4.78 is 5.77. The molecule has 2 rings (SSSR count). The van der Waals surface area contributed by atoms with Gasteiger partial charge in [0, 0.05) is 12.8 Å². The molecule has 0 heterocycles. The third-order valence-corrected chi connectivity index (χ3v) is 3.51. The Morgan fingerprint density at radius 3 is 2.41 bits per heavy atom. The fourth-order valence-corrected chi connectivity index (χ4v) is 2.19. The van der Waals surface area contributed by atoms with E-state index in [9.17, 15) is 0 Å². The van der Waals surface area contributed by atoms with E-state index in [0.717, 1.165) is 17.9 Å². The molecular formula is C20H25NO. The molecule has 0 saturated carbocycles. The maximum absolute atomic E-state index is 5.77. The molecule has 0 N–H and O–H groups in total. The van der Waals surface area contributed by atoms with Crippen LogP contribution < -0.4 is 4.74 Å². The van der Waals surface area contributed by atoms with Crippen LogP contribution in [0, 0.1) is 0 Å². The van der Waals surface area contributed by atoms with Crippen molar-refractivity contribution in [3.05, 3.63) is 65.7 Å². The molecule has 0 unspecified atom stereocenters. The summed E-state index contributed by atoms with van der Waals surface area (Å²) in [5.74, 6) is 0.893. The van der Waals surface area contributed by atoms with Crippen LogP contribution in [0.2, 0.25) is 0 Å². The van der Waals surface area contributed by atoms with Gasteiger partial charge in [-0.1, -0.05) is 56.5 Å². The molecular weight excluding hydrogens is 270 g/mol. The Hall–Kier alpha value is -2.09. The van der Waals surface area contributed by atoms with Crippen molar-refractivity contribution >= 4 is 6.21 Å². The van der Waals surface area contributed by atoms with Crippen molar-refractivity contribution in [1.29, 1.82) is 0 Å². The van der Waals surface area contributed by atoms with Crippen LogP contribution in [0.5, 0.6) is 5.75 Å². The third-order valence-electron chi connectivity index (χ3n) is 3.51. The largest absolute Gasteiger partial charge is 0.489 e. The molecule has 0 spiro atoms. The zero-order chi connectivity index (χ0) is 15.5. The second-order valence-corrected chi connectivity index (χ2v) is 5.44. The van der Waals surface area contributed by atoms with Gasteiger partial charge in [0.15, 0.2) is 0 Å². The van der Waals surface area contributed by atoms with Crippen LogP contribution in [0.15, 0.2) is 59.6 Å². The summed E-state index contributed by atoms with van der Waals surface area (Å²) in [7, 11) is 0. The molecule has 0 bridgehead atoms. The fourth-order valence-electron chi connectivity index (χ4n) is 2.19. The highest BCUT2D eigenvalue weighted by molar-refractivity contribution is 5.79. The van der Waals surface area contributed by atoms with Gasteiger partial charge in [-0.05, 0) is 41.8 Å². The van der Waals surface area contributed by atoms with Gasteiger partial charge in [0.2, 0.25) is 0 Å². The molecule has 0 atom stereocenters. The molecule has 0 saturated heterocycles. The average molecular weight is 295 g/mol. The number of rotatable bonds is 9. The van der Waals surface area contributed by atoms with Crippen molar-refractivity contribution in [3.63, 3.8) is 0 Å². The Morgan fingerprint density at radius 2 is 1.68 bits per heavy atom. The minimum Gasteiger partial charge on any atom is -0.489 e. The van der Waals surface area contributed by atoms with Gasteiger partial charge in [0.25, 0.3) is 0 Å². The van der Waals surface area contributed by atoms with Gasteiger partial charge < -0.3 is 4.74 Å². The van der Waals surface area contributed by atoms with E-state index < -0.39 is 0 Å². The molecule has 2 heteroatoms. The topological polar surface area (TPSA) is 21.6 Å². The van der Waals surface area contributed by atoms with Crippen molar-refractivity contribution in [2.75, 3.05) is 6.54 Å². The number of nitrogens with zero attached hydrogens (tertiary/aromatic N) is 1. The number of hydrogen-bond acceptors (Lipinski definition) is 2. The Labute approximate surface area is 133 Å². The molecule has 116 valence electrons. The molecule has 2 aromatic carbocycles. The zero-order valence-corrected chi connectivity index (χ0v) is 13.4. The smallest absolute Gasteiger partial charge is 0.119 e. The first-order valence-electron chi connectivity index (χ1n) is 8.15. The van der Waals surface area contributed by atoms with E-state index in [2.05, 4.69) is 36.2 Å². The van der Waals surface area contributed by atoms with E-state index in [-0.39, 0.29) is 0 Å². The molecule has 0 amide bonds. The highest BCUT2D eigenvalue weighted by Gasteiger charge is 1.95. The number of ether oxygens (including phenoxy) is 1. The summed E-state index contributed by atoms with van der Waals surface area (Å²) in [6, 6.07) is 18.3. The van der Waals surface area contributed by atoms with Gasteiger partial charge in [-0.2, -0.15) is 0 Å². The van der Waals surface area contributed by atoms with Crippen molar-refractivity contribution in [3.8, 4) is 5.75 Å². The Balaban J connectivity index is 1.74. The number of benzene rings is 2. The summed E-state index contributed by atoms with van der Waals surface area (Å²) in [4.78, 5) is 4.47. The molecule has 22 heavy (non-hydrogen) atoms. The molecule has 2 nitrogen and oxygen atoms in total. The monoisotopic (exact) mass is 295 g/mol. The van der Waals surface area contributed by atoms with E-state index in [1.165, 1.54) is 31.2 Å². The summed E-state index contributed by atoms with van der Waals surface area (Å²) in [6.07, 6.45) is 6.99. The summed E-state index contributed by atoms with van der Waals surface area (Å²) >= 11 is 0. The molecule has 0 fully saturated rings. The number of hydrogen-bond donors (Lipinski definition) is 0. The lowest BCUT2D eigenvalue weighted by atomic mass is 10.2. The van der Waals surface area contributed by atoms with Crippen LogP contribution in [0.1, 0.15) is 43.7 Å². The SMILES string of the molecule is CCCCCCN=Cc1ccc(OCc2ccccc2)cc1. The summed E-state index contributed by atoms with van der Waals surface area (Å²) in [5.41, 5.74) is 2.31. The Kier molecular flexibility index (Phi) is 7.24.